The molecule has 0 radical (unpaired) electrons. The van der Waals surface area contributed by atoms with Crippen LogP contribution in [-0.4, -0.2) is 19.9 Å². The van der Waals surface area contributed by atoms with Crippen LogP contribution in [0.3, 0.4) is 0 Å². The minimum absolute atomic E-state index is 0. The molecule has 348 valence electrons. The van der Waals surface area contributed by atoms with Crippen molar-refractivity contribution in [3.63, 3.8) is 0 Å². The van der Waals surface area contributed by atoms with Crippen LogP contribution in [0.5, 0.6) is 0 Å². The average Bonchev–Trinajstić information content (AvgIpc) is 3.13. The van der Waals surface area contributed by atoms with Crippen molar-refractivity contribution in [2.24, 2.45) is 0 Å². The minimum atomic E-state index is -10.7. The van der Waals surface area contributed by atoms with Gasteiger partial charge in [-0.25, -0.2) is 8.78 Å². The predicted octanol–water partition coefficient (Wildman–Crippen LogP) is 15.3. The van der Waals surface area contributed by atoms with Gasteiger partial charge in [-0.3, -0.25) is 18.7 Å². The Balaban J connectivity index is 0.000000310. The molecule has 0 saturated carbocycles. The Morgan fingerprint density at radius 2 is 0.688 bits per heavy atom. The summed E-state index contributed by atoms with van der Waals surface area (Å²) in [6, 6.07) is 13.5. The van der Waals surface area contributed by atoms with Crippen molar-refractivity contribution in [1.82, 2.24) is 19.9 Å². The Morgan fingerprint density at radius 1 is 0.391 bits per heavy atom. The Hall–Kier alpha value is -5.42. The van der Waals surface area contributed by atoms with Gasteiger partial charge in [0.15, 0.2) is 0 Å². The fraction of sp³-hybridized carbons (Fsp3) is 0.111. The third-order valence-electron chi connectivity index (χ3n) is 6.84. The molecular formula is C36H16F22IrN4P. The second kappa shape index (κ2) is 19.4. The molecule has 0 fully saturated rings. The van der Waals surface area contributed by atoms with Gasteiger partial charge in [-0.2, -0.15) is 52.7 Å². The normalized spacial score (nSPS) is 13.0. The van der Waals surface area contributed by atoms with E-state index in [2.05, 4.69) is 19.9 Å². The quantitative estimate of drug-likeness (QED) is 0.101. The predicted molar refractivity (Wildman–Crippen MR) is 178 cm³/mol. The largest absolute Gasteiger partial charge is 3.00 e. The van der Waals surface area contributed by atoms with E-state index >= 15 is 0 Å². The van der Waals surface area contributed by atoms with E-state index in [1.807, 2.05) is 12.1 Å². The first-order valence-electron chi connectivity index (χ1n) is 15.8. The molecule has 0 spiro atoms. The number of nitrogens with zero attached hydrogens (tertiary/aromatic N) is 4. The Labute approximate surface area is 356 Å². The first-order chi connectivity index (χ1) is 28.4. The Kier molecular flexibility index (Phi) is 16.5. The smallest absolute Gasteiger partial charge is 0.304 e. The van der Waals surface area contributed by atoms with E-state index in [1.54, 1.807) is 0 Å². The topological polar surface area (TPSA) is 51.6 Å². The van der Waals surface area contributed by atoms with E-state index in [-0.39, 0.29) is 43.6 Å². The molecule has 6 aromatic rings. The van der Waals surface area contributed by atoms with Crippen LogP contribution in [-0.2, 0) is 44.8 Å². The van der Waals surface area contributed by atoms with E-state index in [9.17, 15) is 95.4 Å². The summed E-state index contributed by atoms with van der Waals surface area (Å²) in [7, 11) is -10.7. The van der Waals surface area contributed by atoms with Crippen molar-refractivity contribution in [2.45, 2.75) is 24.7 Å². The summed E-state index contributed by atoms with van der Waals surface area (Å²) < 4.78 is 260. The summed E-state index contributed by atoms with van der Waals surface area (Å²) >= 11 is 0. The molecule has 0 aliphatic heterocycles. The molecule has 0 unspecified atom stereocenters. The number of alkyl halides is 12. The van der Waals surface area contributed by atoms with Crippen molar-refractivity contribution < 1.29 is 116 Å². The number of rotatable bonds is 3. The average molecular weight is 1150 g/mol. The van der Waals surface area contributed by atoms with Crippen LogP contribution >= 0.6 is 7.81 Å². The van der Waals surface area contributed by atoms with Gasteiger partial charge in [-0.05, 0) is 34.6 Å². The van der Waals surface area contributed by atoms with Crippen LogP contribution in [0.25, 0.3) is 33.9 Å². The third kappa shape index (κ3) is 18.7. The van der Waals surface area contributed by atoms with Crippen LogP contribution in [0.4, 0.5) is 95.4 Å². The van der Waals surface area contributed by atoms with E-state index in [4.69, 9.17) is 0 Å². The van der Waals surface area contributed by atoms with Crippen LogP contribution < -0.4 is 0 Å². The maximum absolute atomic E-state index is 13.6. The summed E-state index contributed by atoms with van der Waals surface area (Å²) in [6.07, 6.45) is -15.1. The summed E-state index contributed by atoms with van der Waals surface area (Å²) in [5.41, 5.74) is -5.27. The van der Waals surface area contributed by atoms with Gasteiger partial charge in [0.25, 0.3) is 0 Å². The molecular weight excluding hydrogens is 1130 g/mol. The standard InChI is InChI=1S/2C13H5F7N.C10H6F2N2.F6P.Ir/c2*14-10-5-7(12(15,16)17)1-3-9(10)11-4-2-8(6-21-11)13(18,19)20;11-7-1-3-13-9(5-7)10-6-8(12)2-4-14-10;1-7(2,3,4,5)6;/h2*1-2,4-6H;1-6H;;/q2*-1;;-1;+3. The van der Waals surface area contributed by atoms with Gasteiger partial charge in [0, 0.05) is 48.6 Å². The zero-order valence-electron chi connectivity index (χ0n) is 30.1. The molecule has 4 heterocycles. The van der Waals surface area contributed by atoms with Gasteiger partial charge in [0.2, 0.25) is 0 Å². The molecule has 0 aliphatic carbocycles. The SMILES string of the molecule is F[P-](F)(F)(F)(F)F.Fc1cc(C(F)(F)F)c[c-]c1-c1ccc(C(F)(F)F)cn1.Fc1cc(C(F)(F)F)c[c-]c1-c1ccc(C(F)(F)F)cn1.Fc1ccnc(-c2cc(F)ccn2)c1.[Ir+3]. The third-order valence-corrected chi connectivity index (χ3v) is 6.84. The van der Waals surface area contributed by atoms with Crippen molar-refractivity contribution in [2.75, 3.05) is 0 Å². The summed E-state index contributed by atoms with van der Waals surface area (Å²) in [4.78, 5) is 14.6. The molecule has 0 atom stereocenters. The van der Waals surface area contributed by atoms with Crippen LogP contribution in [0, 0.1) is 35.4 Å². The molecule has 2 aromatic carbocycles. The van der Waals surface area contributed by atoms with E-state index in [0.29, 0.717) is 48.0 Å². The number of hydrogen-bond donors (Lipinski definition) is 0. The van der Waals surface area contributed by atoms with Crippen LogP contribution in [0.2, 0.25) is 0 Å². The van der Waals surface area contributed by atoms with E-state index in [1.165, 1.54) is 36.7 Å². The maximum Gasteiger partial charge on any atom is 3.00 e. The summed E-state index contributed by atoms with van der Waals surface area (Å²) in [6.45, 7) is 0. The number of pyridine rings is 4. The summed E-state index contributed by atoms with van der Waals surface area (Å²) in [5, 5.41) is 0. The van der Waals surface area contributed by atoms with Gasteiger partial charge < -0.3 is 9.97 Å². The molecule has 0 saturated heterocycles. The number of benzene rings is 2. The van der Waals surface area contributed by atoms with Crippen molar-refractivity contribution in [3.8, 4) is 33.9 Å². The Morgan fingerprint density at radius 3 is 0.906 bits per heavy atom. The van der Waals surface area contributed by atoms with Crippen LogP contribution in [0.15, 0.2) is 97.6 Å². The van der Waals surface area contributed by atoms with Gasteiger partial charge in [0.05, 0.1) is 22.5 Å². The minimum Gasteiger partial charge on any atom is -0.304 e. The molecule has 28 heteroatoms. The van der Waals surface area contributed by atoms with Crippen molar-refractivity contribution in [3.05, 3.63) is 155 Å². The first kappa shape index (κ1) is 54.7. The second-order valence-corrected chi connectivity index (χ2v) is 13.7. The van der Waals surface area contributed by atoms with Crippen LogP contribution in [0.1, 0.15) is 22.3 Å². The summed E-state index contributed by atoms with van der Waals surface area (Å²) in [5.74, 6) is -3.36. The van der Waals surface area contributed by atoms with Crippen molar-refractivity contribution >= 4 is 7.81 Å². The number of halogens is 22. The molecule has 6 rings (SSSR count). The second-order valence-electron chi connectivity index (χ2n) is 11.8. The Bertz CT molecular complexity index is 2320. The van der Waals surface area contributed by atoms with E-state index in [0.717, 1.165) is 12.1 Å². The molecule has 0 amide bonds. The van der Waals surface area contributed by atoms with Gasteiger partial charge in [-0.1, -0.05) is 47.5 Å². The molecule has 4 nitrogen and oxygen atoms in total. The zero-order chi connectivity index (χ0) is 48.0. The fourth-order valence-corrected chi connectivity index (χ4v) is 4.17. The molecule has 4 aromatic heterocycles. The molecule has 0 bridgehead atoms. The molecule has 0 N–H and O–H groups in total. The monoisotopic (exact) mass is 1150 g/mol. The molecule has 64 heavy (non-hydrogen) atoms. The van der Waals surface area contributed by atoms with Crippen molar-refractivity contribution in [1.29, 1.82) is 0 Å². The number of aromatic nitrogens is 4. The van der Waals surface area contributed by atoms with E-state index < -0.39 is 89.2 Å². The molecule has 0 aliphatic rings. The first-order valence-corrected chi connectivity index (χ1v) is 17.9. The fourth-order valence-electron chi connectivity index (χ4n) is 4.17. The van der Waals surface area contributed by atoms with Gasteiger partial charge in [0.1, 0.15) is 11.6 Å². The van der Waals surface area contributed by atoms with Gasteiger partial charge in [-0.15, -0.1) is 24.3 Å². The maximum atomic E-state index is 13.6. The number of hydrogen-bond acceptors (Lipinski definition) is 4. The van der Waals surface area contributed by atoms with Gasteiger partial charge >= 0.3 is 77.8 Å². The zero-order valence-corrected chi connectivity index (χ0v) is 33.4.